The van der Waals surface area contributed by atoms with E-state index in [0.717, 1.165) is 22.6 Å². The molecule has 3 saturated heterocycles. The van der Waals surface area contributed by atoms with E-state index in [2.05, 4.69) is 0 Å². The number of benzene rings is 3. The third-order valence-electron chi connectivity index (χ3n) is 9.90. The first-order valence-electron chi connectivity index (χ1n) is 18.2. The van der Waals surface area contributed by atoms with Crippen LogP contribution >= 0.6 is 23.2 Å². The van der Waals surface area contributed by atoms with Gasteiger partial charge in [0, 0.05) is 25.7 Å². The first kappa shape index (κ1) is 41.0. The molecule has 1 unspecified atom stereocenters. The minimum Gasteiger partial charge on any atom is -0.497 e. The van der Waals surface area contributed by atoms with Crippen LogP contribution in [0.15, 0.2) is 71.6 Å². The van der Waals surface area contributed by atoms with Crippen molar-refractivity contribution in [1.29, 1.82) is 0 Å². The first-order valence-corrected chi connectivity index (χ1v) is 20.1. The summed E-state index contributed by atoms with van der Waals surface area (Å²) in [5.74, 6) is 1.54. The average molecular weight is 808 g/mol. The van der Waals surface area contributed by atoms with Crippen LogP contribution in [-0.4, -0.2) is 85.0 Å². The van der Waals surface area contributed by atoms with Gasteiger partial charge in [-0.1, -0.05) is 53.5 Å². The number of halogens is 2. The van der Waals surface area contributed by atoms with E-state index in [1.54, 1.807) is 39.3 Å². The molecule has 0 spiro atoms. The third kappa shape index (κ3) is 10.2. The standard InChI is InChI=1S/C40H48Cl2O11S/c1-23-32(43)17-18-35(49-23)52-38-24(2)50-36(19-33(38)47-21-26-9-13-28(45-4)14-10-26)53-39-25(3)51-37(54(44)40-30(41)7-6-8-31(40)42)20-34(39)48-22-27-11-15-29(46-5)16-12-27/h6-16,23-25,33-39H,17-22H2,1-5H3/t23-,24-,25-,33-,34-,35-,36-,37-,38+,39+,54?/m0/s1. The van der Waals surface area contributed by atoms with E-state index in [9.17, 15) is 9.00 Å². The first-order chi connectivity index (χ1) is 26.0. The number of ketones is 1. The summed E-state index contributed by atoms with van der Waals surface area (Å²) in [7, 11) is 1.54. The highest BCUT2D eigenvalue weighted by atomic mass is 35.5. The van der Waals surface area contributed by atoms with Crippen LogP contribution in [-0.2, 0) is 62.0 Å². The van der Waals surface area contributed by atoms with Crippen LogP contribution in [0.4, 0.5) is 0 Å². The molecule has 3 aliphatic rings. The van der Waals surface area contributed by atoms with E-state index in [0.29, 0.717) is 40.8 Å². The van der Waals surface area contributed by atoms with Gasteiger partial charge in [0.1, 0.15) is 35.2 Å². The fraction of sp³-hybridized carbons (Fsp3) is 0.525. The summed E-state index contributed by atoms with van der Waals surface area (Å²) >= 11 is 12.9. The molecule has 0 aliphatic carbocycles. The van der Waals surface area contributed by atoms with Crippen LogP contribution in [0, 0.1) is 0 Å². The van der Waals surface area contributed by atoms with Crippen LogP contribution < -0.4 is 9.47 Å². The van der Waals surface area contributed by atoms with Gasteiger partial charge in [-0.25, -0.2) is 0 Å². The Morgan fingerprint density at radius 2 is 1.22 bits per heavy atom. The third-order valence-corrected chi connectivity index (χ3v) is 12.4. The van der Waals surface area contributed by atoms with Crippen LogP contribution in [0.3, 0.4) is 0 Å². The van der Waals surface area contributed by atoms with Crippen LogP contribution in [0.25, 0.3) is 0 Å². The van der Waals surface area contributed by atoms with Crippen molar-refractivity contribution in [2.75, 3.05) is 14.2 Å². The van der Waals surface area contributed by atoms with Gasteiger partial charge in [-0.05, 0) is 68.3 Å². The molecule has 3 aliphatic heterocycles. The molecular formula is C40H48Cl2O11S. The van der Waals surface area contributed by atoms with E-state index in [-0.39, 0.29) is 18.8 Å². The van der Waals surface area contributed by atoms with Gasteiger partial charge in [-0.2, -0.15) is 0 Å². The van der Waals surface area contributed by atoms with Gasteiger partial charge in [0.05, 0.1) is 77.6 Å². The average Bonchev–Trinajstić information content (AvgIpc) is 3.17. The zero-order valence-corrected chi connectivity index (χ0v) is 33.4. The number of hydrogen-bond donors (Lipinski definition) is 0. The summed E-state index contributed by atoms with van der Waals surface area (Å²) in [6.07, 6.45) is -3.62. The molecule has 0 N–H and O–H groups in total. The minimum atomic E-state index is -1.70. The second kappa shape index (κ2) is 19.0. The fourth-order valence-electron chi connectivity index (χ4n) is 6.89. The number of methoxy groups -OCH3 is 2. The summed E-state index contributed by atoms with van der Waals surface area (Å²) in [6.45, 7) is 6.09. The van der Waals surface area contributed by atoms with E-state index in [4.69, 9.17) is 65.8 Å². The molecule has 3 aromatic carbocycles. The molecule has 3 aromatic rings. The summed E-state index contributed by atoms with van der Waals surface area (Å²) in [4.78, 5) is 12.5. The Balaban J connectivity index is 1.20. The largest absolute Gasteiger partial charge is 0.497 e. The Kier molecular flexibility index (Phi) is 14.4. The van der Waals surface area contributed by atoms with E-state index >= 15 is 0 Å². The monoisotopic (exact) mass is 806 g/mol. The Bertz CT molecular complexity index is 1690. The Morgan fingerprint density at radius 1 is 0.704 bits per heavy atom. The van der Waals surface area contributed by atoms with Crippen LogP contribution in [0.1, 0.15) is 57.6 Å². The molecule has 0 aromatic heterocycles. The van der Waals surface area contributed by atoms with Crippen molar-refractivity contribution in [2.45, 2.75) is 125 Å². The van der Waals surface area contributed by atoms with E-state index < -0.39 is 71.5 Å². The quantitative estimate of drug-likeness (QED) is 0.162. The van der Waals surface area contributed by atoms with Crippen molar-refractivity contribution in [3.63, 3.8) is 0 Å². The van der Waals surface area contributed by atoms with Gasteiger partial charge < -0.3 is 42.6 Å². The van der Waals surface area contributed by atoms with Gasteiger partial charge in [0.15, 0.2) is 18.4 Å². The van der Waals surface area contributed by atoms with Crippen LogP contribution in [0.2, 0.25) is 10.0 Å². The Morgan fingerprint density at radius 3 is 1.76 bits per heavy atom. The highest BCUT2D eigenvalue weighted by molar-refractivity contribution is 7.85. The summed E-state index contributed by atoms with van der Waals surface area (Å²) in [5.41, 5.74) is 1.11. The predicted molar refractivity (Wildman–Crippen MR) is 202 cm³/mol. The summed E-state index contributed by atoms with van der Waals surface area (Å²) in [6, 6.07) is 20.3. The molecule has 0 amide bonds. The molecule has 11 atom stereocenters. The van der Waals surface area contributed by atoms with Gasteiger partial charge in [0.25, 0.3) is 0 Å². The second-order valence-corrected chi connectivity index (χ2v) is 16.0. The lowest BCUT2D eigenvalue weighted by atomic mass is 9.99. The molecule has 6 rings (SSSR count). The number of rotatable bonds is 14. The zero-order chi connectivity index (χ0) is 38.4. The number of carbonyl (C=O) groups is 1. The van der Waals surface area contributed by atoms with Crippen molar-refractivity contribution < 1.29 is 51.6 Å². The van der Waals surface area contributed by atoms with Crippen molar-refractivity contribution in [1.82, 2.24) is 0 Å². The van der Waals surface area contributed by atoms with Gasteiger partial charge in [-0.3, -0.25) is 9.00 Å². The maximum atomic E-state index is 13.9. The van der Waals surface area contributed by atoms with Gasteiger partial charge in [0.2, 0.25) is 0 Å². The van der Waals surface area contributed by atoms with E-state index in [1.807, 2.05) is 62.4 Å². The number of Topliss-reactive ketones (excluding diaryl/α,β-unsaturated/α-hetero) is 1. The topological polar surface area (TPSA) is 117 Å². The Hall–Kier alpha value is -2.62. The fourth-order valence-corrected chi connectivity index (χ4v) is 9.16. The molecule has 294 valence electrons. The lowest BCUT2D eigenvalue weighted by Crippen LogP contribution is -2.56. The summed E-state index contributed by atoms with van der Waals surface area (Å²) < 4.78 is 69.7. The maximum Gasteiger partial charge on any atom is 0.161 e. The summed E-state index contributed by atoms with van der Waals surface area (Å²) in [5, 5.41) is 0.598. The van der Waals surface area contributed by atoms with E-state index in [1.165, 1.54) is 0 Å². The molecule has 14 heteroatoms. The SMILES string of the molecule is COc1ccc(CO[C@H]2C[C@H](O[C@@H]3[C@H](C)O[C@@H](S(=O)c4c(Cl)cccc4Cl)C[C@@H]3OCc3ccc(OC)cc3)O[C@@H](C)[C@H]2O[C@H]2CCC(=O)[C@H](C)O2)cc1. The van der Waals surface area contributed by atoms with Gasteiger partial charge in [-0.15, -0.1) is 0 Å². The molecule has 0 bridgehead atoms. The molecule has 3 heterocycles. The van der Waals surface area contributed by atoms with Crippen LogP contribution in [0.5, 0.6) is 11.5 Å². The lowest BCUT2D eigenvalue weighted by Gasteiger charge is -2.45. The smallest absolute Gasteiger partial charge is 0.161 e. The number of hydrogen-bond acceptors (Lipinski definition) is 11. The Labute approximate surface area is 329 Å². The highest BCUT2D eigenvalue weighted by Gasteiger charge is 2.46. The number of carbonyl (C=O) groups excluding carboxylic acids is 1. The molecule has 54 heavy (non-hydrogen) atoms. The van der Waals surface area contributed by atoms with Crippen molar-refractivity contribution in [3.05, 3.63) is 87.9 Å². The molecular weight excluding hydrogens is 759 g/mol. The van der Waals surface area contributed by atoms with Gasteiger partial charge >= 0.3 is 0 Å². The second-order valence-electron chi connectivity index (χ2n) is 13.7. The highest BCUT2D eigenvalue weighted by Crippen LogP contribution is 2.37. The lowest BCUT2D eigenvalue weighted by molar-refractivity contribution is -0.321. The maximum absolute atomic E-state index is 13.9. The zero-order valence-electron chi connectivity index (χ0n) is 31.0. The normalized spacial score (nSPS) is 30.8. The minimum absolute atomic E-state index is 0.0529. The molecule has 11 nitrogen and oxygen atoms in total. The molecule has 0 radical (unpaired) electrons. The predicted octanol–water partition coefficient (Wildman–Crippen LogP) is 7.42. The number of ether oxygens (including phenoxy) is 9. The molecule has 3 fully saturated rings. The van der Waals surface area contributed by atoms with Crippen molar-refractivity contribution in [3.8, 4) is 11.5 Å². The van der Waals surface area contributed by atoms with Crippen molar-refractivity contribution in [2.24, 2.45) is 0 Å². The molecule has 0 saturated carbocycles. The van der Waals surface area contributed by atoms with Crippen molar-refractivity contribution >= 4 is 39.8 Å².